The molecule has 3 heteroatoms. The highest BCUT2D eigenvalue weighted by Crippen LogP contribution is 1.99. The van der Waals surface area contributed by atoms with Gasteiger partial charge >= 0.3 is 0 Å². The lowest BCUT2D eigenvalue weighted by Gasteiger charge is -1.80. The molecule has 1 aromatic heterocycles. The predicted molar refractivity (Wildman–Crippen MR) is 35.6 cm³/mol. The lowest BCUT2D eigenvalue weighted by Crippen LogP contribution is -1.89. The molecule has 0 aliphatic carbocycles. The van der Waals surface area contributed by atoms with Crippen LogP contribution in [0.2, 0.25) is 0 Å². The molecule has 0 fully saturated rings. The van der Waals surface area contributed by atoms with Crippen molar-refractivity contribution >= 4 is 7.98 Å². The van der Waals surface area contributed by atoms with Gasteiger partial charge in [-0.2, -0.15) is 5.10 Å². The van der Waals surface area contributed by atoms with Crippen molar-refractivity contribution in [3.05, 3.63) is 17.5 Å². The van der Waals surface area contributed by atoms with Crippen molar-refractivity contribution in [3.8, 4) is 0 Å². The number of aromatic nitrogens is 2. The first kappa shape index (κ1) is 5.41. The van der Waals surface area contributed by atoms with E-state index in [0.29, 0.717) is 0 Å². The Kier molecular flexibility index (Phi) is 1.12. The van der Waals surface area contributed by atoms with Crippen molar-refractivity contribution in [2.45, 2.75) is 13.8 Å². The summed E-state index contributed by atoms with van der Waals surface area (Å²) in [6.45, 7) is 4.07. The summed E-state index contributed by atoms with van der Waals surface area (Å²) >= 11 is 0. The highest BCUT2D eigenvalue weighted by molar-refractivity contribution is 6.05. The van der Waals surface area contributed by atoms with Crippen LogP contribution in [0.3, 0.4) is 0 Å². The van der Waals surface area contributed by atoms with Gasteiger partial charge in [0.1, 0.15) is 0 Å². The molecule has 0 unspecified atom stereocenters. The van der Waals surface area contributed by atoms with E-state index in [1.54, 1.807) is 0 Å². The van der Waals surface area contributed by atoms with Gasteiger partial charge in [-0.05, 0) is 19.4 Å². The van der Waals surface area contributed by atoms with Crippen LogP contribution in [0.15, 0.2) is 6.20 Å². The Morgan fingerprint density at radius 3 is 2.38 bits per heavy atom. The van der Waals surface area contributed by atoms with Crippen molar-refractivity contribution < 1.29 is 0 Å². The van der Waals surface area contributed by atoms with Gasteiger partial charge in [0.25, 0.3) is 0 Å². The highest BCUT2D eigenvalue weighted by atomic mass is 15.2. The molecule has 8 heavy (non-hydrogen) atoms. The van der Waals surface area contributed by atoms with Crippen LogP contribution in [-0.4, -0.2) is 17.7 Å². The van der Waals surface area contributed by atoms with Crippen molar-refractivity contribution in [1.82, 2.24) is 9.69 Å². The van der Waals surface area contributed by atoms with Gasteiger partial charge in [-0.3, -0.25) is 0 Å². The van der Waals surface area contributed by atoms with Gasteiger partial charge in [0.05, 0.1) is 5.69 Å². The molecule has 0 saturated heterocycles. The van der Waals surface area contributed by atoms with Crippen molar-refractivity contribution in [2.75, 3.05) is 0 Å². The smallest absolute Gasteiger partial charge is 0.248 e. The molecule has 0 saturated carbocycles. The van der Waals surface area contributed by atoms with Crippen molar-refractivity contribution in [3.63, 3.8) is 0 Å². The molecular weight excluding hydrogens is 98.9 g/mol. The topological polar surface area (TPSA) is 17.8 Å². The standard InChI is InChI=1S/C5H9BN2/c1-4-3-8(6)7-5(4)2/h3H,6H2,1-2H3. The fraction of sp³-hybridized carbons (Fsp3) is 0.400. The van der Waals surface area contributed by atoms with Gasteiger partial charge in [0.15, 0.2) is 0 Å². The zero-order chi connectivity index (χ0) is 6.15. The molecule has 0 bridgehead atoms. The maximum Gasteiger partial charge on any atom is 0.248 e. The Balaban J connectivity index is 3.14. The maximum absolute atomic E-state index is 4.13. The van der Waals surface area contributed by atoms with Crippen LogP contribution >= 0.6 is 0 Å². The van der Waals surface area contributed by atoms with Crippen LogP contribution in [0, 0.1) is 13.8 Å². The average molecular weight is 108 g/mol. The molecule has 1 heterocycles. The normalized spacial score (nSPS) is 9.75. The largest absolute Gasteiger partial charge is 0.326 e. The first-order valence-corrected chi connectivity index (χ1v) is 2.67. The molecule has 42 valence electrons. The molecule has 1 rings (SSSR count). The molecule has 0 N–H and O–H groups in total. The first-order valence-electron chi connectivity index (χ1n) is 2.67. The van der Waals surface area contributed by atoms with E-state index in [1.807, 2.05) is 25.7 Å². The van der Waals surface area contributed by atoms with E-state index >= 15 is 0 Å². The second-order valence-electron chi connectivity index (χ2n) is 2.07. The summed E-state index contributed by atoms with van der Waals surface area (Å²) < 4.78 is 1.82. The summed E-state index contributed by atoms with van der Waals surface area (Å²) in [6, 6.07) is 0. The van der Waals surface area contributed by atoms with Crippen LogP contribution in [0.4, 0.5) is 0 Å². The molecule has 0 amide bonds. The second-order valence-corrected chi connectivity index (χ2v) is 2.07. The highest BCUT2D eigenvalue weighted by Gasteiger charge is 1.92. The van der Waals surface area contributed by atoms with Gasteiger partial charge in [-0.15, -0.1) is 0 Å². The van der Waals surface area contributed by atoms with E-state index < -0.39 is 0 Å². The zero-order valence-corrected chi connectivity index (χ0v) is 5.47. The number of nitrogens with zero attached hydrogens (tertiary/aromatic N) is 2. The summed E-state index contributed by atoms with van der Waals surface area (Å²) in [4.78, 5) is 0. The maximum atomic E-state index is 4.13. The minimum absolute atomic E-state index is 1.12. The molecule has 2 nitrogen and oxygen atoms in total. The monoisotopic (exact) mass is 108 g/mol. The summed E-state index contributed by atoms with van der Waals surface area (Å²) in [5.41, 5.74) is 2.38. The van der Waals surface area contributed by atoms with E-state index in [-0.39, 0.29) is 0 Å². The van der Waals surface area contributed by atoms with Crippen molar-refractivity contribution in [1.29, 1.82) is 0 Å². The first-order chi connectivity index (χ1) is 3.70. The zero-order valence-electron chi connectivity index (χ0n) is 5.47. The van der Waals surface area contributed by atoms with Gasteiger partial charge < -0.3 is 4.59 Å². The van der Waals surface area contributed by atoms with E-state index in [9.17, 15) is 0 Å². The van der Waals surface area contributed by atoms with Crippen molar-refractivity contribution in [2.24, 2.45) is 0 Å². The second kappa shape index (κ2) is 1.65. The van der Waals surface area contributed by atoms with E-state index in [1.165, 1.54) is 5.56 Å². The van der Waals surface area contributed by atoms with E-state index in [4.69, 9.17) is 0 Å². The number of rotatable bonds is 0. The molecular formula is C5H9BN2. The lowest BCUT2D eigenvalue weighted by molar-refractivity contribution is 0.962. The molecule has 0 aliphatic rings. The molecule has 0 spiro atoms. The van der Waals surface area contributed by atoms with Crippen LogP contribution < -0.4 is 0 Å². The third-order valence-electron chi connectivity index (χ3n) is 1.26. The summed E-state index contributed by atoms with van der Waals surface area (Å²) in [6.07, 6.45) is 2.01. The van der Waals surface area contributed by atoms with Gasteiger partial charge in [-0.25, -0.2) is 0 Å². The van der Waals surface area contributed by atoms with Gasteiger partial charge in [-0.1, -0.05) is 0 Å². The van der Waals surface area contributed by atoms with E-state index in [2.05, 4.69) is 12.0 Å². The lowest BCUT2D eigenvalue weighted by atomic mass is 10.3. The van der Waals surface area contributed by atoms with Crippen LogP contribution in [0.1, 0.15) is 11.3 Å². The van der Waals surface area contributed by atoms with Crippen LogP contribution in [0.5, 0.6) is 0 Å². The molecule has 0 radical (unpaired) electrons. The van der Waals surface area contributed by atoms with Gasteiger partial charge in [0.2, 0.25) is 7.98 Å². The third-order valence-corrected chi connectivity index (χ3v) is 1.26. The summed E-state index contributed by atoms with van der Waals surface area (Å²) in [5.74, 6) is 0. The summed E-state index contributed by atoms with van der Waals surface area (Å²) in [7, 11) is 1.93. The molecule has 0 atom stereocenters. The predicted octanol–water partition coefficient (Wildman–Crippen LogP) is -0.104. The number of hydrogen-bond acceptors (Lipinski definition) is 1. The minimum atomic E-state index is 1.12. The molecule has 1 aromatic rings. The number of aryl methyl sites for hydroxylation is 2. The summed E-state index contributed by atoms with van der Waals surface area (Å²) in [5, 5.41) is 4.13. The minimum Gasteiger partial charge on any atom is -0.326 e. The number of hydrogen-bond donors (Lipinski definition) is 0. The Morgan fingerprint density at radius 1 is 1.62 bits per heavy atom. The van der Waals surface area contributed by atoms with Gasteiger partial charge in [0, 0.05) is 6.20 Å². The molecule has 0 aromatic carbocycles. The quantitative estimate of drug-likeness (QED) is 0.424. The third kappa shape index (κ3) is 0.758. The fourth-order valence-electron chi connectivity index (χ4n) is 0.718. The van der Waals surface area contributed by atoms with E-state index in [0.717, 1.165) is 5.69 Å². The Labute approximate surface area is 49.9 Å². The van der Waals surface area contributed by atoms with Crippen LogP contribution in [0.25, 0.3) is 0 Å². The Bertz CT molecular complexity index is 173. The Morgan fingerprint density at radius 2 is 2.25 bits per heavy atom. The molecule has 0 aliphatic heterocycles. The fourth-order valence-corrected chi connectivity index (χ4v) is 0.718. The SMILES string of the molecule is Bn1cc(C)c(C)n1. The average Bonchev–Trinajstić information content (AvgIpc) is 1.85. The Hall–Kier alpha value is -0.725. The van der Waals surface area contributed by atoms with Crippen LogP contribution in [-0.2, 0) is 0 Å².